The molecule has 0 aliphatic rings. The zero-order valence-electron chi connectivity index (χ0n) is 18.3. The highest BCUT2D eigenvalue weighted by molar-refractivity contribution is 5.87. The van der Waals surface area contributed by atoms with Crippen LogP contribution in [0.15, 0.2) is 52.9 Å². The van der Waals surface area contributed by atoms with Gasteiger partial charge in [-0.15, -0.1) is 0 Å². The van der Waals surface area contributed by atoms with Crippen molar-refractivity contribution in [3.05, 3.63) is 82.1 Å². The molecule has 0 aliphatic carbocycles. The van der Waals surface area contributed by atoms with Crippen LogP contribution in [0.5, 0.6) is 0 Å². The number of carbonyl (C=O) groups excluding carboxylic acids is 1. The molecule has 0 saturated heterocycles. The third kappa shape index (κ3) is 3.74. The fourth-order valence-electron chi connectivity index (χ4n) is 4.20. The van der Waals surface area contributed by atoms with Crippen molar-refractivity contribution in [1.82, 2.24) is 0 Å². The Hall–Kier alpha value is -2.81. The van der Waals surface area contributed by atoms with E-state index in [9.17, 15) is 4.79 Å². The van der Waals surface area contributed by atoms with Crippen molar-refractivity contribution in [2.24, 2.45) is 0 Å². The number of rotatable bonds is 6. The van der Waals surface area contributed by atoms with Gasteiger partial charge in [0.15, 0.2) is 0 Å². The lowest BCUT2D eigenvalue weighted by Gasteiger charge is -2.34. The Morgan fingerprint density at radius 2 is 1.48 bits per heavy atom. The lowest BCUT2D eigenvalue weighted by molar-refractivity contribution is 0.0566. The molecule has 0 spiro atoms. The van der Waals surface area contributed by atoms with Gasteiger partial charge in [-0.1, -0.05) is 50.2 Å². The van der Waals surface area contributed by atoms with Gasteiger partial charge in [0.2, 0.25) is 5.76 Å². The highest BCUT2D eigenvalue weighted by Gasteiger charge is 2.31. The third-order valence-electron chi connectivity index (χ3n) is 6.30. The fourth-order valence-corrected chi connectivity index (χ4v) is 4.20. The summed E-state index contributed by atoms with van der Waals surface area (Å²) in [5.41, 5.74) is 7.42. The van der Waals surface area contributed by atoms with E-state index in [-0.39, 0.29) is 11.2 Å². The van der Waals surface area contributed by atoms with Crippen LogP contribution in [-0.4, -0.2) is 13.1 Å². The Kier molecular flexibility index (Phi) is 5.97. The molecule has 3 nitrogen and oxygen atoms in total. The molecule has 0 bridgehead atoms. The molecule has 0 atom stereocenters. The zero-order valence-corrected chi connectivity index (χ0v) is 18.3. The standard InChI is InChI=1S/C26H30O3/c1-7-26(8-2,20-10-9-17(3)18(4)15-20)21-11-12-22(19(5)16-21)23-13-14-24(29-23)25(27)28-6/h9-16H,7-8H2,1-6H3. The predicted molar refractivity (Wildman–Crippen MR) is 117 cm³/mol. The average Bonchev–Trinajstić information content (AvgIpc) is 3.21. The van der Waals surface area contributed by atoms with Crippen LogP contribution in [0.2, 0.25) is 0 Å². The Morgan fingerprint density at radius 1 is 0.862 bits per heavy atom. The van der Waals surface area contributed by atoms with Gasteiger partial charge in [0.05, 0.1) is 7.11 Å². The Balaban J connectivity index is 2.05. The second-order valence-electron chi connectivity index (χ2n) is 7.77. The summed E-state index contributed by atoms with van der Waals surface area (Å²) in [7, 11) is 1.35. The molecule has 0 unspecified atom stereocenters. The van der Waals surface area contributed by atoms with Crippen LogP contribution in [0.4, 0.5) is 0 Å². The van der Waals surface area contributed by atoms with E-state index in [1.54, 1.807) is 6.07 Å². The topological polar surface area (TPSA) is 39.4 Å². The molecule has 3 aromatic rings. The van der Waals surface area contributed by atoms with Crippen molar-refractivity contribution >= 4 is 5.97 Å². The highest BCUT2D eigenvalue weighted by atomic mass is 16.5. The molecule has 0 amide bonds. The summed E-state index contributed by atoms with van der Waals surface area (Å²) in [4.78, 5) is 11.7. The summed E-state index contributed by atoms with van der Waals surface area (Å²) in [5.74, 6) is 0.438. The summed E-state index contributed by atoms with van der Waals surface area (Å²) in [5, 5.41) is 0. The van der Waals surface area contributed by atoms with Gasteiger partial charge in [-0.3, -0.25) is 0 Å². The van der Waals surface area contributed by atoms with E-state index >= 15 is 0 Å². The SMILES string of the molecule is CCC(CC)(c1ccc(C)c(C)c1)c1ccc(-c2ccc(C(=O)OC)o2)c(C)c1. The maximum absolute atomic E-state index is 11.7. The number of benzene rings is 2. The first-order valence-corrected chi connectivity index (χ1v) is 10.2. The largest absolute Gasteiger partial charge is 0.463 e. The van der Waals surface area contributed by atoms with Crippen molar-refractivity contribution in [3.8, 4) is 11.3 Å². The van der Waals surface area contributed by atoms with Crippen molar-refractivity contribution in [2.75, 3.05) is 7.11 Å². The highest BCUT2D eigenvalue weighted by Crippen LogP contribution is 2.41. The van der Waals surface area contributed by atoms with E-state index < -0.39 is 5.97 Å². The molecule has 3 heteroatoms. The lowest BCUT2D eigenvalue weighted by atomic mass is 9.69. The summed E-state index contributed by atoms with van der Waals surface area (Å²) >= 11 is 0. The number of esters is 1. The van der Waals surface area contributed by atoms with Crippen LogP contribution in [0.25, 0.3) is 11.3 Å². The summed E-state index contributed by atoms with van der Waals surface area (Å²) in [6.07, 6.45) is 2.05. The van der Waals surface area contributed by atoms with Crippen molar-refractivity contribution in [2.45, 2.75) is 52.9 Å². The Morgan fingerprint density at radius 3 is 2.03 bits per heavy atom. The monoisotopic (exact) mass is 390 g/mol. The smallest absolute Gasteiger partial charge is 0.373 e. The van der Waals surface area contributed by atoms with Crippen molar-refractivity contribution in [1.29, 1.82) is 0 Å². The van der Waals surface area contributed by atoms with Crippen LogP contribution >= 0.6 is 0 Å². The van der Waals surface area contributed by atoms with E-state index in [2.05, 4.69) is 71.0 Å². The van der Waals surface area contributed by atoms with Gasteiger partial charge in [0.25, 0.3) is 0 Å². The molecule has 1 aromatic heterocycles. The minimum Gasteiger partial charge on any atom is -0.463 e. The Bertz CT molecular complexity index is 1020. The zero-order chi connectivity index (χ0) is 21.2. The first-order valence-electron chi connectivity index (χ1n) is 10.2. The molecule has 0 fully saturated rings. The molecule has 0 N–H and O–H groups in total. The first kappa shape index (κ1) is 20.9. The third-order valence-corrected chi connectivity index (χ3v) is 6.30. The van der Waals surface area contributed by atoms with Gasteiger partial charge in [-0.2, -0.15) is 0 Å². The average molecular weight is 391 g/mol. The minimum atomic E-state index is -0.462. The predicted octanol–water partition coefficient (Wildman–Crippen LogP) is 6.76. The van der Waals surface area contributed by atoms with Crippen LogP contribution in [0, 0.1) is 20.8 Å². The molecule has 2 aromatic carbocycles. The fraction of sp³-hybridized carbons (Fsp3) is 0.346. The number of furan rings is 1. The van der Waals surface area contributed by atoms with E-state index in [0.717, 1.165) is 24.0 Å². The van der Waals surface area contributed by atoms with Gasteiger partial charge in [0.1, 0.15) is 5.76 Å². The van der Waals surface area contributed by atoms with Gasteiger partial charge in [0, 0.05) is 11.0 Å². The molecule has 1 heterocycles. The lowest BCUT2D eigenvalue weighted by Crippen LogP contribution is -2.26. The van der Waals surface area contributed by atoms with Crippen molar-refractivity contribution in [3.63, 3.8) is 0 Å². The maximum atomic E-state index is 11.7. The van der Waals surface area contributed by atoms with E-state index in [1.807, 2.05) is 6.07 Å². The van der Waals surface area contributed by atoms with Gasteiger partial charge < -0.3 is 9.15 Å². The molecule has 3 rings (SSSR count). The number of ether oxygens (including phenoxy) is 1. The number of hydrogen-bond donors (Lipinski definition) is 0. The number of hydrogen-bond acceptors (Lipinski definition) is 3. The molecular weight excluding hydrogens is 360 g/mol. The molecule has 29 heavy (non-hydrogen) atoms. The van der Waals surface area contributed by atoms with E-state index in [0.29, 0.717) is 5.76 Å². The number of methoxy groups -OCH3 is 1. The van der Waals surface area contributed by atoms with Crippen LogP contribution in [0.3, 0.4) is 0 Å². The normalized spacial score (nSPS) is 11.5. The van der Waals surface area contributed by atoms with Crippen LogP contribution in [-0.2, 0) is 10.2 Å². The Labute approximate surface area is 173 Å². The summed E-state index contributed by atoms with van der Waals surface area (Å²) < 4.78 is 10.5. The minimum absolute atomic E-state index is 0.0257. The quantitative estimate of drug-likeness (QED) is 0.436. The molecule has 0 saturated carbocycles. The summed E-state index contributed by atoms with van der Waals surface area (Å²) in [6, 6.07) is 16.9. The molecule has 152 valence electrons. The number of carbonyl (C=O) groups is 1. The van der Waals surface area contributed by atoms with Crippen LogP contribution in [0.1, 0.15) is 65.1 Å². The van der Waals surface area contributed by atoms with Gasteiger partial charge in [-0.05, 0) is 73.6 Å². The van der Waals surface area contributed by atoms with Gasteiger partial charge in [-0.25, -0.2) is 4.79 Å². The van der Waals surface area contributed by atoms with Gasteiger partial charge >= 0.3 is 5.97 Å². The molecule has 0 aliphatic heterocycles. The molecule has 0 radical (unpaired) electrons. The van der Waals surface area contributed by atoms with Crippen LogP contribution < -0.4 is 0 Å². The second-order valence-corrected chi connectivity index (χ2v) is 7.77. The second kappa shape index (κ2) is 8.28. The molecular formula is C26H30O3. The first-order chi connectivity index (χ1) is 13.9. The number of aryl methyl sites for hydroxylation is 3. The maximum Gasteiger partial charge on any atom is 0.373 e. The van der Waals surface area contributed by atoms with E-state index in [1.165, 1.54) is 29.4 Å². The summed E-state index contributed by atoms with van der Waals surface area (Å²) in [6.45, 7) is 11.0. The van der Waals surface area contributed by atoms with E-state index in [4.69, 9.17) is 9.15 Å². The van der Waals surface area contributed by atoms with Crippen molar-refractivity contribution < 1.29 is 13.9 Å².